The molecule has 1 aromatic heterocycles. The molecule has 2 N–H and O–H groups in total. The Morgan fingerprint density at radius 2 is 1.85 bits per heavy atom. The minimum Gasteiger partial charge on any atom is -0.430 e. The van der Waals surface area contributed by atoms with Gasteiger partial charge in [-0.05, 0) is 0 Å². The molecule has 104 valence electrons. The number of anilines is 1. The first-order valence-corrected chi connectivity index (χ1v) is 6.10. The first-order valence-electron chi connectivity index (χ1n) is 4.97. The first kappa shape index (κ1) is 14.6. The molecule has 1 aromatic carbocycles. The zero-order chi connectivity index (χ0) is 14.9. The van der Waals surface area contributed by atoms with Crippen molar-refractivity contribution < 1.29 is 9.66 Å². The topological polar surface area (TPSA) is 104 Å². The second-order valence-electron chi connectivity index (χ2n) is 3.48. The number of nitro groups is 1. The van der Waals surface area contributed by atoms with Crippen molar-refractivity contribution in [2.45, 2.75) is 0 Å². The minimum absolute atomic E-state index is 0.0272. The van der Waals surface area contributed by atoms with E-state index < -0.39 is 4.92 Å². The Hall–Kier alpha value is -1.83. The Balaban J connectivity index is 2.50. The van der Waals surface area contributed by atoms with Gasteiger partial charge >= 0.3 is 5.69 Å². The molecule has 0 unspecified atom stereocenters. The number of aromatic nitrogens is 2. The lowest BCUT2D eigenvalue weighted by Gasteiger charge is -2.08. The number of hydrogen-bond acceptors (Lipinski definition) is 6. The monoisotopic (exact) mass is 334 g/mol. The first-order chi connectivity index (χ1) is 9.40. The number of rotatable bonds is 3. The van der Waals surface area contributed by atoms with Crippen molar-refractivity contribution in [1.82, 2.24) is 9.97 Å². The summed E-state index contributed by atoms with van der Waals surface area (Å²) in [6.45, 7) is 0. The molecule has 0 atom stereocenters. The van der Waals surface area contributed by atoms with E-state index in [9.17, 15) is 10.1 Å². The van der Waals surface area contributed by atoms with E-state index in [1.165, 1.54) is 6.07 Å². The smallest absolute Gasteiger partial charge is 0.313 e. The Morgan fingerprint density at radius 1 is 1.20 bits per heavy atom. The Morgan fingerprint density at radius 3 is 2.50 bits per heavy atom. The van der Waals surface area contributed by atoms with Crippen molar-refractivity contribution in [1.29, 1.82) is 0 Å². The average molecular weight is 336 g/mol. The third kappa shape index (κ3) is 2.84. The third-order valence-corrected chi connectivity index (χ3v) is 3.23. The Kier molecular flexibility index (Phi) is 4.12. The van der Waals surface area contributed by atoms with Gasteiger partial charge in [-0.2, -0.15) is 4.98 Å². The third-order valence-electron chi connectivity index (χ3n) is 2.20. The molecule has 2 rings (SSSR count). The molecule has 0 amide bonds. The van der Waals surface area contributed by atoms with E-state index in [2.05, 4.69) is 9.97 Å². The maximum absolute atomic E-state index is 11.0. The maximum Gasteiger partial charge on any atom is 0.313 e. The lowest BCUT2D eigenvalue weighted by molar-refractivity contribution is -0.385. The number of halogens is 3. The van der Waals surface area contributed by atoms with E-state index in [0.29, 0.717) is 0 Å². The summed E-state index contributed by atoms with van der Waals surface area (Å²) in [6, 6.07) is 2.26. The molecule has 2 aromatic rings. The highest BCUT2D eigenvalue weighted by atomic mass is 35.5. The van der Waals surface area contributed by atoms with Gasteiger partial charge in [0.2, 0.25) is 11.6 Å². The molecule has 0 aliphatic heterocycles. The van der Waals surface area contributed by atoms with Crippen LogP contribution in [0.2, 0.25) is 15.2 Å². The van der Waals surface area contributed by atoms with Gasteiger partial charge in [0.05, 0.1) is 15.0 Å². The van der Waals surface area contributed by atoms with Crippen LogP contribution in [0.5, 0.6) is 11.6 Å². The highest BCUT2D eigenvalue weighted by molar-refractivity contribution is 6.42. The highest BCUT2D eigenvalue weighted by Gasteiger charge is 2.21. The predicted octanol–water partition coefficient (Wildman–Crippen LogP) is 3.72. The van der Waals surface area contributed by atoms with Gasteiger partial charge in [-0.15, -0.1) is 0 Å². The fraction of sp³-hybridized carbons (Fsp3) is 0. The van der Waals surface area contributed by atoms with Crippen LogP contribution in [0.1, 0.15) is 0 Å². The summed E-state index contributed by atoms with van der Waals surface area (Å²) in [4.78, 5) is 17.7. The van der Waals surface area contributed by atoms with Crippen molar-refractivity contribution in [3.8, 4) is 11.6 Å². The van der Waals surface area contributed by atoms with Crippen molar-refractivity contribution in [2.24, 2.45) is 0 Å². The number of benzene rings is 1. The molecule has 0 radical (unpaired) electrons. The minimum atomic E-state index is -0.670. The molecule has 0 fully saturated rings. The molecular formula is C10H5Cl3N4O3. The number of hydrogen-bond donors (Lipinski definition) is 1. The quantitative estimate of drug-likeness (QED) is 0.521. The molecule has 0 aliphatic carbocycles. The molecular weight excluding hydrogens is 330 g/mol. The molecule has 1 heterocycles. The largest absolute Gasteiger partial charge is 0.430 e. The van der Waals surface area contributed by atoms with Gasteiger partial charge < -0.3 is 10.5 Å². The molecule has 20 heavy (non-hydrogen) atoms. The molecule has 0 spiro atoms. The van der Waals surface area contributed by atoms with Gasteiger partial charge in [-0.25, -0.2) is 4.98 Å². The zero-order valence-corrected chi connectivity index (χ0v) is 11.8. The van der Waals surface area contributed by atoms with Crippen molar-refractivity contribution in [3.63, 3.8) is 0 Å². The Bertz CT molecular complexity index is 696. The summed E-state index contributed by atoms with van der Waals surface area (Å²) in [6.07, 6.45) is 1.11. The number of nitrogen functional groups attached to an aromatic ring is 1. The molecule has 7 nitrogen and oxygen atoms in total. The number of ether oxygens (including phenoxy) is 1. The van der Waals surface area contributed by atoms with Crippen LogP contribution in [-0.4, -0.2) is 14.9 Å². The normalized spacial score (nSPS) is 10.3. The van der Waals surface area contributed by atoms with Gasteiger partial charge in [0.1, 0.15) is 12.0 Å². The van der Waals surface area contributed by atoms with Gasteiger partial charge in [0, 0.05) is 12.1 Å². The van der Waals surface area contributed by atoms with Gasteiger partial charge in [-0.3, -0.25) is 10.1 Å². The lowest BCUT2D eigenvalue weighted by atomic mass is 10.3. The second-order valence-corrected chi connectivity index (χ2v) is 4.65. The van der Waals surface area contributed by atoms with Crippen LogP contribution in [0.3, 0.4) is 0 Å². The van der Waals surface area contributed by atoms with Crippen LogP contribution < -0.4 is 10.5 Å². The fourth-order valence-electron chi connectivity index (χ4n) is 1.29. The summed E-state index contributed by atoms with van der Waals surface area (Å²) < 4.78 is 5.27. The second kappa shape index (κ2) is 5.66. The van der Waals surface area contributed by atoms with Crippen molar-refractivity contribution >= 4 is 46.2 Å². The van der Waals surface area contributed by atoms with E-state index in [-0.39, 0.29) is 38.2 Å². The van der Waals surface area contributed by atoms with Crippen molar-refractivity contribution in [2.75, 3.05) is 5.73 Å². The van der Waals surface area contributed by atoms with Crippen LogP contribution >= 0.6 is 34.8 Å². The van der Waals surface area contributed by atoms with Gasteiger partial charge in [-0.1, -0.05) is 34.8 Å². The molecule has 0 aliphatic rings. The number of nitro benzene ring substituents is 1. The number of nitrogens with zero attached hydrogens (tertiary/aromatic N) is 3. The van der Waals surface area contributed by atoms with Crippen LogP contribution in [0.15, 0.2) is 18.5 Å². The van der Waals surface area contributed by atoms with Gasteiger partial charge in [0.15, 0.2) is 5.15 Å². The summed E-state index contributed by atoms with van der Waals surface area (Å²) in [5.41, 5.74) is 5.19. The summed E-state index contributed by atoms with van der Waals surface area (Å²) in [5.74, 6) is -0.280. The number of nitrogens with two attached hydrogens (primary N) is 1. The van der Waals surface area contributed by atoms with Gasteiger partial charge in [0.25, 0.3) is 0 Å². The van der Waals surface area contributed by atoms with E-state index in [0.717, 1.165) is 12.4 Å². The van der Waals surface area contributed by atoms with E-state index >= 15 is 0 Å². The lowest BCUT2D eigenvalue weighted by Crippen LogP contribution is -1.99. The summed E-state index contributed by atoms with van der Waals surface area (Å²) in [7, 11) is 0. The van der Waals surface area contributed by atoms with Crippen LogP contribution in [0.4, 0.5) is 11.4 Å². The summed E-state index contributed by atoms with van der Waals surface area (Å²) >= 11 is 17.2. The zero-order valence-electron chi connectivity index (χ0n) is 9.51. The SMILES string of the molecule is Nc1c(Cl)ncnc1Oc1cc(Cl)c(Cl)cc1[N+](=O)[O-]. The Labute approximate surface area is 127 Å². The van der Waals surface area contributed by atoms with Crippen LogP contribution in [0.25, 0.3) is 0 Å². The predicted molar refractivity (Wildman–Crippen MR) is 74.6 cm³/mol. The van der Waals surface area contributed by atoms with E-state index in [1.807, 2.05) is 0 Å². The van der Waals surface area contributed by atoms with Crippen molar-refractivity contribution in [3.05, 3.63) is 43.8 Å². The molecule has 10 heteroatoms. The average Bonchev–Trinajstić information content (AvgIpc) is 2.38. The standard InChI is InChI=1S/C10H5Cl3N4O3/c11-4-1-6(17(18)19)7(2-5(4)12)20-10-8(14)9(13)15-3-16-10/h1-3H,14H2. The molecule has 0 saturated heterocycles. The maximum atomic E-state index is 11.0. The van der Waals surface area contributed by atoms with Crippen LogP contribution in [-0.2, 0) is 0 Å². The van der Waals surface area contributed by atoms with E-state index in [4.69, 9.17) is 45.3 Å². The fourth-order valence-corrected chi connectivity index (χ4v) is 1.72. The molecule has 0 saturated carbocycles. The van der Waals surface area contributed by atoms with Crippen LogP contribution in [0, 0.1) is 10.1 Å². The molecule has 0 bridgehead atoms. The highest BCUT2D eigenvalue weighted by Crippen LogP contribution is 2.39. The summed E-state index contributed by atoms with van der Waals surface area (Å²) in [5, 5.41) is 11.0. The van der Waals surface area contributed by atoms with E-state index in [1.54, 1.807) is 0 Å².